The minimum Gasteiger partial charge on any atom is -0.444 e. The molecule has 3 rings (SSSR count). The highest BCUT2D eigenvalue weighted by molar-refractivity contribution is 5.27. The second-order valence-corrected chi connectivity index (χ2v) is 4.62. The van der Waals surface area contributed by atoms with Crippen LogP contribution in [0.5, 0.6) is 0 Å². The lowest BCUT2D eigenvalue weighted by Crippen LogP contribution is -2.12. The zero-order valence-corrected chi connectivity index (χ0v) is 9.89. The molecule has 17 heavy (non-hydrogen) atoms. The summed E-state index contributed by atoms with van der Waals surface area (Å²) in [6.45, 7) is 2.54. The van der Waals surface area contributed by atoms with E-state index >= 15 is 0 Å². The highest BCUT2D eigenvalue weighted by Crippen LogP contribution is 2.30. The van der Waals surface area contributed by atoms with Gasteiger partial charge in [0.1, 0.15) is 5.76 Å². The van der Waals surface area contributed by atoms with Gasteiger partial charge >= 0.3 is 0 Å². The van der Waals surface area contributed by atoms with Crippen LogP contribution in [-0.4, -0.2) is 14.7 Å². The Balaban J connectivity index is 1.89. The van der Waals surface area contributed by atoms with Crippen LogP contribution in [0.4, 0.5) is 0 Å². The normalized spacial score (nSPS) is 19.3. The Hall–Kier alpha value is -1.55. The van der Waals surface area contributed by atoms with Crippen molar-refractivity contribution in [1.29, 1.82) is 0 Å². The monoisotopic (exact) mass is 232 g/mol. The molecule has 2 aromatic heterocycles. The van der Waals surface area contributed by atoms with Crippen LogP contribution < -0.4 is 0 Å². The summed E-state index contributed by atoms with van der Waals surface area (Å²) in [5.74, 6) is 1.56. The molecule has 1 N–H and O–H groups in total. The summed E-state index contributed by atoms with van der Waals surface area (Å²) in [5, 5.41) is 9.89. The van der Waals surface area contributed by atoms with Crippen molar-refractivity contribution in [2.24, 2.45) is 0 Å². The Morgan fingerprint density at radius 3 is 3.24 bits per heavy atom. The first-order valence-electron chi connectivity index (χ1n) is 6.01. The number of fused-ring (bicyclic) bond motifs is 1. The first kappa shape index (κ1) is 10.6. The van der Waals surface area contributed by atoms with Crippen LogP contribution in [0.3, 0.4) is 0 Å². The van der Waals surface area contributed by atoms with Gasteiger partial charge < -0.3 is 14.1 Å². The summed E-state index contributed by atoms with van der Waals surface area (Å²) in [6.07, 6.45) is 6.39. The average Bonchev–Trinajstić information content (AvgIpc) is 2.88. The van der Waals surface area contributed by atoms with Gasteiger partial charge in [-0.3, -0.25) is 0 Å². The number of hydrogen-bond acceptors (Lipinski definition) is 3. The van der Waals surface area contributed by atoms with Crippen molar-refractivity contribution in [2.45, 2.75) is 38.8 Å². The lowest BCUT2D eigenvalue weighted by molar-refractivity contribution is 0.155. The molecule has 1 aliphatic rings. The van der Waals surface area contributed by atoms with Gasteiger partial charge in [-0.25, -0.2) is 4.98 Å². The van der Waals surface area contributed by atoms with Crippen LogP contribution in [0.25, 0.3) is 0 Å². The topological polar surface area (TPSA) is 51.2 Å². The molecule has 0 fully saturated rings. The van der Waals surface area contributed by atoms with Gasteiger partial charge in [0.25, 0.3) is 0 Å². The van der Waals surface area contributed by atoms with Crippen LogP contribution in [0.15, 0.2) is 22.9 Å². The van der Waals surface area contributed by atoms with E-state index in [1.165, 1.54) is 5.69 Å². The Kier molecular flexibility index (Phi) is 2.52. The van der Waals surface area contributed by atoms with E-state index in [-0.39, 0.29) is 6.10 Å². The number of hydrogen-bond donors (Lipinski definition) is 1. The van der Waals surface area contributed by atoms with Gasteiger partial charge in [0.05, 0.1) is 18.8 Å². The third-order valence-electron chi connectivity index (χ3n) is 3.34. The zero-order chi connectivity index (χ0) is 11.8. The number of aromatic nitrogens is 2. The quantitative estimate of drug-likeness (QED) is 0.863. The van der Waals surface area contributed by atoms with E-state index in [9.17, 15) is 5.11 Å². The Morgan fingerprint density at radius 2 is 2.47 bits per heavy atom. The van der Waals surface area contributed by atoms with Gasteiger partial charge in [-0.15, -0.1) is 0 Å². The molecular weight excluding hydrogens is 216 g/mol. The molecule has 90 valence electrons. The second kappa shape index (κ2) is 4.04. The second-order valence-electron chi connectivity index (χ2n) is 4.62. The van der Waals surface area contributed by atoms with Crippen molar-refractivity contribution < 1.29 is 9.52 Å². The molecule has 1 unspecified atom stereocenters. The Bertz CT molecular complexity index is 527. The molecule has 4 heteroatoms. The lowest BCUT2D eigenvalue weighted by Gasteiger charge is -2.19. The van der Waals surface area contributed by atoms with Gasteiger partial charge in [0, 0.05) is 17.5 Å². The van der Waals surface area contributed by atoms with Crippen molar-refractivity contribution >= 4 is 0 Å². The smallest absolute Gasteiger partial charge is 0.214 e. The SMILES string of the molecule is Cc1cnc(Cn2ccc3c2CCCC3O)o1. The largest absolute Gasteiger partial charge is 0.444 e. The summed E-state index contributed by atoms with van der Waals surface area (Å²) in [4.78, 5) is 4.21. The van der Waals surface area contributed by atoms with Gasteiger partial charge in [-0.2, -0.15) is 0 Å². The number of oxazole rings is 1. The molecule has 0 aliphatic heterocycles. The van der Waals surface area contributed by atoms with E-state index in [1.54, 1.807) is 6.20 Å². The van der Waals surface area contributed by atoms with E-state index in [0.717, 1.165) is 36.5 Å². The molecule has 0 radical (unpaired) electrons. The van der Waals surface area contributed by atoms with Gasteiger partial charge in [-0.05, 0) is 32.3 Å². The number of nitrogens with zero attached hydrogens (tertiary/aromatic N) is 2. The summed E-state index contributed by atoms with van der Waals surface area (Å²) in [5.41, 5.74) is 2.29. The summed E-state index contributed by atoms with van der Waals surface area (Å²) < 4.78 is 7.61. The number of aryl methyl sites for hydroxylation is 1. The average molecular weight is 232 g/mol. The standard InChI is InChI=1S/C13H16N2O2/c1-9-7-14-13(17-9)8-15-6-5-10-11(15)3-2-4-12(10)16/h5-7,12,16H,2-4,8H2,1H3. The van der Waals surface area contributed by atoms with Crippen LogP contribution in [0, 0.1) is 6.92 Å². The van der Waals surface area contributed by atoms with Crippen LogP contribution in [-0.2, 0) is 13.0 Å². The van der Waals surface area contributed by atoms with Crippen molar-refractivity contribution in [1.82, 2.24) is 9.55 Å². The van der Waals surface area contributed by atoms with Crippen molar-refractivity contribution in [3.8, 4) is 0 Å². The molecule has 0 bridgehead atoms. The zero-order valence-electron chi connectivity index (χ0n) is 9.89. The van der Waals surface area contributed by atoms with Gasteiger partial charge in [0.2, 0.25) is 5.89 Å². The highest BCUT2D eigenvalue weighted by atomic mass is 16.4. The van der Waals surface area contributed by atoms with Crippen molar-refractivity contribution in [2.75, 3.05) is 0 Å². The molecule has 0 aromatic carbocycles. The number of aliphatic hydroxyl groups excluding tert-OH is 1. The molecule has 0 spiro atoms. The molecular formula is C13H16N2O2. The van der Waals surface area contributed by atoms with Gasteiger partial charge in [0.15, 0.2) is 0 Å². The number of aliphatic hydroxyl groups is 1. The summed E-state index contributed by atoms with van der Waals surface area (Å²) in [7, 11) is 0. The van der Waals surface area contributed by atoms with E-state index in [2.05, 4.69) is 9.55 Å². The maximum absolute atomic E-state index is 9.89. The fourth-order valence-corrected chi connectivity index (χ4v) is 2.50. The molecule has 0 saturated carbocycles. The predicted molar refractivity (Wildman–Crippen MR) is 62.7 cm³/mol. The van der Waals surface area contributed by atoms with Crippen LogP contribution >= 0.6 is 0 Å². The molecule has 1 aliphatic carbocycles. The lowest BCUT2D eigenvalue weighted by atomic mass is 9.95. The maximum Gasteiger partial charge on any atom is 0.214 e. The van der Waals surface area contributed by atoms with Crippen molar-refractivity contribution in [3.63, 3.8) is 0 Å². The van der Waals surface area contributed by atoms with E-state index in [1.807, 2.05) is 19.2 Å². The van der Waals surface area contributed by atoms with E-state index < -0.39 is 0 Å². The predicted octanol–water partition coefficient (Wildman–Crippen LogP) is 2.20. The Morgan fingerprint density at radius 1 is 1.59 bits per heavy atom. The molecule has 0 amide bonds. The third-order valence-corrected chi connectivity index (χ3v) is 3.34. The fraction of sp³-hybridized carbons (Fsp3) is 0.462. The first-order chi connectivity index (χ1) is 8.24. The third kappa shape index (κ3) is 1.89. The minimum atomic E-state index is -0.300. The molecule has 2 heterocycles. The minimum absolute atomic E-state index is 0.300. The van der Waals surface area contributed by atoms with E-state index in [4.69, 9.17) is 4.42 Å². The Labute approximate surface area is 99.9 Å². The first-order valence-corrected chi connectivity index (χ1v) is 6.01. The maximum atomic E-state index is 9.89. The summed E-state index contributed by atoms with van der Waals surface area (Å²) >= 11 is 0. The molecule has 2 aromatic rings. The van der Waals surface area contributed by atoms with E-state index in [0.29, 0.717) is 6.54 Å². The highest BCUT2D eigenvalue weighted by Gasteiger charge is 2.21. The molecule has 1 atom stereocenters. The van der Waals surface area contributed by atoms with Crippen LogP contribution in [0.2, 0.25) is 0 Å². The molecule has 4 nitrogen and oxygen atoms in total. The molecule has 0 saturated heterocycles. The van der Waals surface area contributed by atoms with Crippen molar-refractivity contribution in [3.05, 3.63) is 41.4 Å². The fourth-order valence-electron chi connectivity index (χ4n) is 2.50. The van der Waals surface area contributed by atoms with Gasteiger partial charge in [-0.1, -0.05) is 0 Å². The number of rotatable bonds is 2. The summed E-state index contributed by atoms with van der Waals surface area (Å²) in [6, 6.07) is 2.01. The van der Waals surface area contributed by atoms with Crippen LogP contribution in [0.1, 0.15) is 41.9 Å².